The number of hydrogen-bond acceptors (Lipinski definition) is 6. The molecule has 0 spiro atoms. The second kappa shape index (κ2) is 10.1. The normalized spacial score (nSPS) is 11.8. The number of benzene rings is 1. The lowest BCUT2D eigenvalue weighted by atomic mass is 9.76. The van der Waals surface area contributed by atoms with Crippen molar-refractivity contribution in [1.29, 1.82) is 0 Å². The van der Waals surface area contributed by atoms with Crippen LogP contribution in [0.4, 0.5) is 0 Å². The molecule has 2 amide bonds. The number of carbonyl (C=O) groups excluding carboxylic acids is 2. The van der Waals surface area contributed by atoms with Gasteiger partial charge in [-0.2, -0.15) is 0 Å². The Morgan fingerprint density at radius 1 is 1.12 bits per heavy atom. The quantitative estimate of drug-likeness (QED) is 0.370. The van der Waals surface area contributed by atoms with Crippen molar-refractivity contribution in [3.05, 3.63) is 72.3 Å². The number of nitrogens with one attached hydrogen (secondary N) is 2. The van der Waals surface area contributed by atoms with Gasteiger partial charge in [0.1, 0.15) is 0 Å². The number of carbonyl (C=O) groups is 2. The molecule has 0 saturated heterocycles. The molecule has 2 rings (SSSR count). The number of rotatable bonds is 8. The van der Waals surface area contributed by atoms with Gasteiger partial charge in [-0.3, -0.25) is 19.6 Å². The Kier molecular flexibility index (Phi) is 7.47. The molecule has 0 saturated carbocycles. The first-order valence-corrected chi connectivity index (χ1v) is 7.96. The van der Waals surface area contributed by atoms with Crippen molar-refractivity contribution in [3.63, 3.8) is 0 Å². The third kappa shape index (κ3) is 6.84. The highest BCUT2D eigenvalue weighted by atomic mass is 16.4. The highest BCUT2D eigenvalue weighted by Crippen LogP contribution is 2.04. The molecule has 1 aromatic heterocycles. The van der Waals surface area contributed by atoms with Crippen molar-refractivity contribution in [2.45, 2.75) is 18.9 Å². The summed E-state index contributed by atoms with van der Waals surface area (Å²) in [6, 6.07) is 9.11. The molecule has 9 heteroatoms. The fraction of sp³-hybridized carbons (Fsp3) is 0.176. The van der Waals surface area contributed by atoms with E-state index in [9.17, 15) is 19.6 Å². The van der Waals surface area contributed by atoms with E-state index in [2.05, 4.69) is 20.6 Å². The molecule has 134 valence electrons. The Labute approximate surface area is 151 Å². The molecule has 0 bridgehead atoms. The highest BCUT2D eigenvalue weighted by molar-refractivity contribution is 6.43. The lowest BCUT2D eigenvalue weighted by Gasteiger charge is -2.16. The summed E-state index contributed by atoms with van der Waals surface area (Å²) in [6.45, 7) is 0.185. The van der Waals surface area contributed by atoms with Gasteiger partial charge < -0.3 is 20.7 Å². The van der Waals surface area contributed by atoms with Crippen LogP contribution in [0, 0.1) is 0 Å². The Balaban J connectivity index is 1.82. The average Bonchev–Trinajstić information content (AvgIpc) is 2.66. The van der Waals surface area contributed by atoms with Gasteiger partial charge >= 0.3 is 7.12 Å². The van der Waals surface area contributed by atoms with Crippen molar-refractivity contribution >= 4 is 18.9 Å². The minimum atomic E-state index is -1.72. The van der Waals surface area contributed by atoms with E-state index in [0.29, 0.717) is 5.69 Å². The third-order valence-corrected chi connectivity index (χ3v) is 3.43. The molecule has 1 unspecified atom stereocenters. The van der Waals surface area contributed by atoms with E-state index in [1.54, 1.807) is 0 Å². The molecule has 0 aliphatic carbocycles. The summed E-state index contributed by atoms with van der Waals surface area (Å²) in [5, 5.41) is 23.9. The van der Waals surface area contributed by atoms with Gasteiger partial charge in [0.05, 0.1) is 24.4 Å². The van der Waals surface area contributed by atoms with E-state index in [0.717, 1.165) is 17.7 Å². The van der Waals surface area contributed by atoms with Gasteiger partial charge in [0.15, 0.2) is 0 Å². The van der Waals surface area contributed by atoms with E-state index >= 15 is 0 Å². The van der Waals surface area contributed by atoms with Crippen LogP contribution >= 0.6 is 0 Å². The van der Waals surface area contributed by atoms with Crippen molar-refractivity contribution in [1.82, 2.24) is 20.6 Å². The second-order valence-corrected chi connectivity index (χ2v) is 5.47. The van der Waals surface area contributed by atoms with Gasteiger partial charge in [-0.1, -0.05) is 30.3 Å². The molecule has 2 aromatic rings. The van der Waals surface area contributed by atoms with Gasteiger partial charge in [0.25, 0.3) is 0 Å². The predicted octanol–water partition coefficient (Wildman–Crippen LogP) is -0.612. The zero-order valence-electron chi connectivity index (χ0n) is 13.9. The third-order valence-electron chi connectivity index (χ3n) is 3.43. The van der Waals surface area contributed by atoms with E-state index in [4.69, 9.17) is 0 Å². The topological polar surface area (TPSA) is 124 Å². The number of amides is 2. The van der Waals surface area contributed by atoms with Crippen molar-refractivity contribution in [3.8, 4) is 0 Å². The van der Waals surface area contributed by atoms with Gasteiger partial charge in [-0.05, 0) is 12.0 Å². The lowest BCUT2D eigenvalue weighted by molar-refractivity contribution is -0.119. The van der Waals surface area contributed by atoms with E-state index in [1.165, 1.54) is 18.6 Å². The second-order valence-electron chi connectivity index (χ2n) is 5.47. The first kappa shape index (κ1) is 19.3. The van der Waals surface area contributed by atoms with Crippen LogP contribution in [0.3, 0.4) is 0 Å². The van der Waals surface area contributed by atoms with Crippen LogP contribution in [0.25, 0.3) is 0 Å². The van der Waals surface area contributed by atoms with Crippen molar-refractivity contribution in [2.24, 2.45) is 0 Å². The van der Waals surface area contributed by atoms with Crippen LogP contribution < -0.4 is 10.6 Å². The zero-order chi connectivity index (χ0) is 18.8. The molecule has 26 heavy (non-hydrogen) atoms. The fourth-order valence-electron chi connectivity index (χ4n) is 2.14. The lowest BCUT2D eigenvalue weighted by Crippen LogP contribution is -2.47. The smallest absolute Gasteiger partial charge is 0.426 e. The molecule has 1 atom stereocenters. The summed E-state index contributed by atoms with van der Waals surface area (Å²) in [7, 11) is -1.72. The summed E-state index contributed by atoms with van der Waals surface area (Å²) in [5.41, 5.74) is 1.43. The van der Waals surface area contributed by atoms with Gasteiger partial charge in [-0.25, -0.2) is 0 Å². The monoisotopic (exact) mass is 354 g/mol. The van der Waals surface area contributed by atoms with Crippen molar-refractivity contribution in [2.75, 3.05) is 0 Å². The average molecular weight is 354 g/mol. The minimum absolute atomic E-state index is 0.185. The van der Waals surface area contributed by atoms with Crippen LogP contribution in [-0.4, -0.2) is 44.9 Å². The maximum atomic E-state index is 11.9. The molecular formula is C17H19BN4O4. The van der Waals surface area contributed by atoms with E-state index in [1.807, 2.05) is 30.3 Å². The highest BCUT2D eigenvalue weighted by Gasteiger charge is 2.24. The molecule has 0 radical (unpaired) electrons. The Bertz CT molecular complexity index is 741. The summed E-state index contributed by atoms with van der Waals surface area (Å²) in [5.74, 6) is -1.97. The summed E-state index contributed by atoms with van der Waals surface area (Å²) < 4.78 is 0. The molecule has 0 fully saturated rings. The van der Waals surface area contributed by atoms with Crippen LogP contribution in [0.5, 0.6) is 0 Å². The maximum Gasteiger partial charge on any atom is 0.475 e. The standard InChI is InChI=1S/C17H19BN4O4/c23-16(21-12-14-11-19-8-9-20-14)6-7-17(24)22-15(18(25)26)10-13-4-2-1-3-5-13/h1-9,11,15,25-26H,10,12H2,(H,21,23)(H,22,24). The van der Waals surface area contributed by atoms with Gasteiger partial charge in [-0.15, -0.1) is 0 Å². The minimum Gasteiger partial charge on any atom is -0.426 e. The predicted molar refractivity (Wildman–Crippen MR) is 95.3 cm³/mol. The summed E-state index contributed by atoms with van der Waals surface area (Å²) >= 11 is 0. The van der Waals surface area contributed by atoms with Crippen LogP contribution in [0.15, 0.2) is 61.1 Å². The molecule has 0 aliphatic heterocycles. The maximum absolute atomic E-state index is 11.9. The zero-order valence-corrected chi connectivity index (χ0v) is 13.9. The Morgan fingerprint density at radius 3 is 2.50 bits per heavy atom. The molecular weight excluding hydrogens is 335 g/mol. The Hall–Kier alpha value is -3.04. The number of hydrogen-bond donors (Lipinski definition) is 4. The van der Waals surface area contributed by atoms with Gasteiger partial charge in [0.2, 0.25) is 11.8 Å². The van der Waals surface area contributed by atoms with Crippen LogP contribution in [0.1, 0.15) is 11.3 Å². The van der Waals surface area contributed by atoms with Crippen LogP contribution in [-0.2, 0) is 22.6 Å². The fourth-order valence-corrected chi connectivity index (χ4v) is 2.14. The summed E-state index contributed by atoms with van der Waals surface area (Å²) in [6.07, 6.45) is 6.90. The molecule has 1 aromatic carbocycles. The van der Waals surface area contributed by atoms with E-state index < -0.39 is 24.9 Å². The summed E-state index contributed by atoms with van der Waals surface area (Å²) in [4.78, 5) is 31.5. The molecule has 8 nitrogen and oxygen atoms in total. The first-order valence-electron chi connectivity index (χ1n) is 7.96. The molecule has 0 aliphatic rings. The van der Waals surface area contributed by atoms with Crippen molar-refractivity contribution < 1.29 is 19.6 Å². The first-order chi connectivity index (χ1) is 12.5. The van der Waals surface area contributed by atoms with E-state index in [-0.39, 0.29) is 13.0 Å². The van der Waals surface area contributed by atoms with Crippen LogP contribution in [0.2, 0.25) is 0 Å². The number of aromatic nitrogens is 2. The SMILES string of the molecule is O=C(C=CC(=O)NC(Cc1ccccc1)B(O)O)NCc1cnccn1. The molecule has 1 heterocycles. The number of nitrogens with zero attached hydrogens (tertiary/aromatic N) is 2. The Morgan fingerprint density at radius 2 is 1.85 bits per heavy atom. The largest absolute Gasteiger partial charge is 0.475 e. The van der Waals surface area contributed by atoms with Gasteiger partial charge in [0, 0.05) is 24.5 Å². The molecule has 4 N–H and O–H groups in total.